The van der Waals surface area contributed by atoms with E-state index in [2.05, 4.69) is 4.98 Å². The fourth-order valence-electron chi connectivity index (χ4n) is 2.17. The first kappa shape index (κ1) is 13.7. The molecule has 21 heavy (non-hydrogen) atoms. The van der Waals surface area contributed by atoms with Crippen molar-refractivity contribution in [2.24, 2.45) is 0 Å². The van der Waals surface area contributed by atoms with E-state index in [0.717, 1.165) is 0 Å². The third-order valence-corrected chi connectivity index (χ3v) is 3.86. The highest BCUT2D eigenvalue weighted by molar-refractivity contribution is 7.85. The van der Waals surface area contributed by atoms with E-state index in [4.69, 9.17) is 0 Å². The van der Waals surface area contributed by atoms with E-state index in [0.29, 0.717) is 16.6 Å². The zero-order valence-corrected chi connectivity index (χ0v) is 11.5. The van der Waals surface area contributed by atoms with Gasteiger partial charge in [-0.15, -0.1) is 0 Å². The van der Waals surface area contributed by atoms with E-state index in [1.165, 1.54) is 28.8 Å². The van der Waals surface area contributed by atoms with Gasteiger partial charge in [0.05, 0.1) is 17.6 Å². The highest BCUT2D eigenvalue weighted by atomic mass is 32.2. The standard InChI is InChI=1S/C14H11FN2O3S/c15-11-7-5-10(6-8-11)9-17-13-4-2-1-3-12(13)16-14(17)21(18,19)20/h1-8H,9H2,(H,18,19,20)/p-1. The maximum absolute atomic E-state index is 12.9. The van der Waals surface area contributed by atoms with Crippen LogP contribution in [0.15, 0.2) is 53.7 Å². The summed E-state index contributed by atoms with van der Waals surface area (Å²) in [6.07, 6.45) is 0. The number of rotatable bonds is 3. The molecular weight excluding hydrogens is 295 g/mol. The van der Waals surface area contributed by atoms with Gasteiger partial charge >= 0.3 is 0 Å². The molecule has 3 rings (SSSR count). The molecule has 1 heterocycles. The van der Waals surface area contributed by atoms with Crippen molar-refractivity contribution in [2.75, 3.05) is 0 Å². The van der Waals surface area contributed by atoms with E-state index >= 15 is 0 Å². The molecule has 3 aromatic rings. The monoisotopic (exact) mass is 305 g/mol. The van der Waals surface area contributed by atoms with Gasteiger partial charge in [0, 0.05) is 0 Å². The molecule has 0 radical (unpaired) electrons. The predicted molar refractivity (Wildman–Crippen MR) is 73.2 cm³/mol. The molecule has 7 heteroatoms. The molecule has 0 fully saturated rings. The van der Waals surface area contributed by atoms with Crippen molar-refractivity contribution in [3.05, 3.63) is 59.9 Å². The number of hydrogen-bond donors (Lipinski definition) is 0. The van der Waals surface area contributed by atoms with Gasteiger partial charge in [-0.3, -0.25) is 0 Å². The number of nitrogens with zero attached hydrogens (tertiary/aromatic N) is 2. The average molecular weight is 305 g/mol. The summed E-state index contributed by atoms with van der Waals surface area (Å²) in [5.41, 5.74) is 1.63. The Morgan fingerprint density at radius 1 is 1.10 bits per heavy atom. The average Bonchev–Trinajstić information content (AvgIpc) is 2.81. The number of para-hydroxylation sites is 2. The molecule has 0 spiro atoms. The van der Waals surface area contributed by atoms with Crippen LogP contribution in [0.2, 0.25) is 0 Å². The Morgan fingerprint density at radius 2 is 1.76 bits per heavy atom. The Kier molecular flexibility index (Phi) is 3.23. The lowest BCUT2D eigenvalue weighted by Gasteiger charge is -2.11. The van der Waals surface area contributed by atoms with Crippen LogP contribution in [0.4, 0.5) is 4.39 Å². The van der Waals surface area contributed by atoms with Crippen molar-refractivity contribution in [2.45, 2.75) is 11.7 Å². The van der Waals surface area contributed by atoms with E-state index in [1.54, 1.807) is 24.3 Å². The molecular formula is C14H10FN2O3S-. The first-order valence-electron chi connectivity index (χ1n) is 6.11. The normalized spacial score (nSPS) is 11.9. The number of benzene rings is 2. The summed E-state index contributed by atoms with van der Waals surface area (Å²) in [6, 6.07) is 12.4. The van der Waals surface area contributed by atoms with Crippen LogP contribution in [0.5, 0.6) is 0 Å². The Bertz CT molecular complexity index is 902. The zero-order valence-electron chi connectivity index (χ0n) is 10.7. The van der Waals surface area contributed by atoms with Gasteiger partial charge in [-0.1, -0.05) is 24.3 Å². The van der Waals surface area contributed by atoms with Crippen LogP contribution in [0.1, 0.15) is 5.56 Å². The Balaban J connectivity index is 2.17. The molecule has 0 atom stereocenters. The summed E-state index contributed by atoms with van der Waals surface area (Å²) in [7, 11) is -4.70. The summed E-state index contributed by atoms with van der Waals surface area (Å²) in [4.78, 5) is 3.89. The quantitative estimate of drug-likeness (QED) is 0.695. The fourth-order valence-corrected chi connectivity index (χ4v) is 2.81. The van der Waals surface area contributed by atoms with Crippen molar-refractivity contribution in [1.82, 2.24) is 9.55 Å². The van der Waals surface area contributed by atoms with Crippen molar-refractivity contribution in [3.8, 4) is 0 Å². The molecule has 108 valence electrons. The van der Waals surface area contributed by atoms with E-state index < -0.39 is 15.3 Å². The molecule has 0 saturated heterocycles. The van der Waals surface area contributed by atoms with Gasteiger partial charge in [0.15, 0.2) is 10.1 Å². The summed E-state index contributed by atoms with van der Waals surface area (Å²) in [5, 5.41) is -0.534. The van der Waals surface area contributed by atoms with Crippen LogP contribution in [-0.4, -0.2) is 22.5 Å². The largest absolute Gasteiger partial charge is 0.742 e. The van der Waals surface area contributed by atoms with Gasteiger partial charge in [0.1, 0.15) is 5.82 Å². The molecule has 0 aliphatic rings. The van der Waals surface area contributed by atoms with Crippen LogP contribution in [-0.2, 0) is 16.7 Å². The van der Waals surface area contributed by atoms with Gasteiger partial charge in [-0.05, 0) is 29.8 Å². The second kappa shape index (κ2) is 4.94. The topological polar surface area (TPSA) is 75.0 Å². The lowest BCUT2D eigenvalue weighted by Crippen LogP contribution is -2.11. The maximum Gasteiger partial charge on any atom is 0.216 e. The molecule has 0 aliphatic heterocycles. The van der Waals surface area contributed by atoms with Gasteiger partial charge in [-0.2, -0.15) is 0 Å². The van der Waals surface area contributed by atoms with Crippen LogP contribution < -0.4 is 0 Å². The Morgan fingerprint density at radius 3 is 2.43 bits per heavy atom. The minimum absolute atomic E-state index is 0.123. The lowest BCUT2D eigenvalue weighted by molar-refractivity contribution is 0.448. The highest BCUT2D eigenvalue weighted by Crippen LogP contribution is 2.21. The van der Waals surface area contributed by atoms with Gasteiger partial charge in [0.2, 0.25) is 5.16 Å². The van der Waals surface area contributed by atoms with E-state index in [-0.39, 0.29) is 12.4 Å². The van der Waals surface area contributed by atoms with Crippen molar-refractivity contribution < 1.29 is 17.4 Å². The van der Waals surface area contributed by atoms with Crippen molar-refractivity contribution in [1.29, 1.82) is 0 Å². The van der Waals surface area contributed by atoms with Crippen molar-refractivity contribution in [3.63, 3.8) is 0 Å². The van der Waals surface area contributed by atoms with Crippen LogP contribution >= 0.6 is 0 Å². The minimum Gasteiger partial charge on any atom is -0.742 e. The number of fused-ring (bicyclic) bond motifs is 1. The zero-order chi connectivity index (χ0) is 15.0. The van der Waals surface area contributed by atoms with Crippen molar-refractivity contribution >= 4 is 21.2 Å². The summed E-state index contributed by atoms with van der Waals surface area (Å²) in [5.74, 6) is -0.383. The van der Waals surface area contributed by atoms with Gasteiger partial charge < -0.3 is 9.12 Å². The first-order chi connectivity index (χ1) is 9.95. The molecule has 0 N–H and O–H groups in total. The molecule has 0 aliphatic carbocycles. The van der Waals surface area contributed by atoms with Crippen LogP contribution in [0.25, 0.3) is 11.0 Å². The maximum atomic E-state index is 12.9. The second-order valence-electron chi connectivity index (χ2n) is 4.55. The summed E-state index contributed by atoms with van der Waals surface area (Å²) >= 11 is 0. The van der Waals surface area contributed by atoms with Crippen LogP contribution in [0, 0.1) is 5.82 Å². The Hall–Kier alpha value is -2.25. The minimum atomic E-state index is -4.70. The number of aromatic nitrogens is 2. The number of hydrogen-bond acceptors (Lipinski definition) is 4. The summed E-state index contributed by atoms with van der Waals surface area (Å²) < 4.78 is 48.4. The molecule has 1 aromatic heterocycles. The molecule has 0 saturated carbocycles. The third kappa shape index (κ3) is 2.65. The number of imidazole rings is 1. The van der Waals surface area contributed by atoms with Crippen LogP contribution in [0.3, 0.4) is 0 Å². The SMILES string of the molecule is O=S(=O)([O-])c1nc2ccccc2n1Cc1ccc(F)cc1. The molecule has 0 unspecified atom stereocenters. The molecule has 0 amide bonds. The van der Waals surface area contributed by atoms with Gasteiger partial charge in [0.25, 0.3) is 0 Å². The number of halogens is 1. The Labute approximate surface area is 120 Å². The molecule has 0 bridgehead atoms. The molecule has 5 nitrogen and oxygen atoms in total. The highest BCUT2D eigenvalue weighted by Gasteiger charge is 2.15. The molecule has 2 aromatic carbocycles. The third-order valence-electron chi connectivity index (χ3n) is 3.10. The lowest BCUT2D eigenvalue weighted by atomic mass is 10.2. The van der Waals surface area contributed by atoms with Gasteiger partial charge in [-0.25, -0.2) is 17.8 Å². The summed E-state index contributed by atoms with van der Waals surface area (Å²) in [6.45, 7) is 0.123. The second-order valence-corrected chi connectivity index (χ2v) is 5.82. The first-order valence-corrected chi connectivity index (χ1v) is 7.51. The van der Waals surface area contributed by atoms with E-state index in [1.807, 2.05) is 0 Å². The van der Waals surface area contributed by atoms with E-state index in [9.17, 15) is 17.4 Å². The predicted octanol–water partition coefficient (Wildman–Crippen LogP) is 2.13. The fraction of sp³-hybridized carbons (Fsp3) is 0.0714. The smallest absolute Gasteiger partial charge is 0.216 e.